The second-order valence-corrected chi connectivity index (χ2v) is 7.67. The number of nitrogens with zero attached hydrogens (tertiary/aromatic N) is 2. The number of hydrogen-bond donors (Lipinski definition) is 1. The van der Waals surface area contributed by atoms with Gasteiger partial charge in [0.05, 0.1) is 15.3 Å². The molecule has 2 N–H and O–H groups in total. The second-order valence-electron chi connectivity index (χ2n) is 5.69. The highest BCUT2D eigenvalue weighted by atomic mass is 35.5. The molecule has 1 aliphatic heterocycles. The smallest absolute Gasteiger partial charge is 0.262 e. The largest absolute Gasteiger partial charge is 0.365 e. The number of nitrogens with two attached hydrogens (primary N) is 1. The first-order valence-electron chi connectivity index (χ1n) is 7.86. The van der Waals surface area contributed by atoms with Gasteiger partial charge >= 0.3 is 0 Å². The number of amides is 2. The zero-order chi connectivity index (χ0) is 19.6. The predicted octanol–water partition coefficient (Wildman–Crippen LogP) is 3.90. The van der Waals surface area contributed by atoms with Crippen molar-refractivity contribution in [3.05, 3.63) is 74.7 Å². The summed E-state index contributed by atoms with van der Waals surface area (Å²) in [5, 5.41) is 9.80. The minimum Gasteiger partial charge on any atom is -0.365 e. The van der Waals surface area contributed by atoms with Gasteiger partial charge in [0.1, 0.15) is 16.7 Å². The van der Waals surface area contributed by atoms with Crippen LogP contribution in [0.25, 0.3) is 0 Å². The summed E-state index contributed by atoms with van der Waals surface area (Å²) in [7, 11) is 0. The Morgan fingerprint density at radius 1 is 1.19 bits per heavy atom. The van der Waals surface area contributed by atoms with Crippen molar-refractivity contribution in [2.45, 2.75) is 11.7 Å². The van der Waals surface area contributed by atoms with Gasteiger partial charge in [0.15, 0.2) is 0 Å². The van der Waals surface area contributed by atoms with Gasteiger partial charge < -0.3 is 5.73 Å². The third kappa shape index (κ3) is 3.81. The normalized spacial score (nSPS) is 18.3. The number of anilines is 1. The topological polar surface area (TPSA) is 87.2 Å². The molecule has 5 nitrogen and oxygen atoms in total. The molecule has 2 aromatic carbocycles. The lowest BCUT2D eigenvalue weighted by molar-refractivity contribution is -0.117. The molecular weight excluding hydrogens is 405 g/mol. The minimum atomic E-state index is -0.879. The van der Waals surface area contributed by atoms with Gasteiger partial charge in [-0.15, -0.1) is 0 Å². The quantitative estimate of drug-likeness (QED) is 0.603. The molecule has 1 atom stereocenters. The number of para-hydroxylation sites is 1. The average Bonchev–Trinajstić information content (AvgIpc) is 2.96. The van der Waals surface area contributed by atoms with Crippen molar-refractivity contribution in [2.75, 3.05) is 4.90 Å². The van der Waals surface area contributed by atoms with Crippen LogP contribution in [0.5, 0.6) is 0 Å². The zero-order valence-electron chi connectivity index (χ0n) is 13.9. The molecule has 0 aliphatic carbocycles. The fraction of sp³-hybridized carbons (Fsp3) is 0.105. The maximum atomic E-state index is 13.1. The number of hydrogen-bond acceptors (Lipinski definition) is 4. The molecule has 27 heavy (non-hydrogen) atoms. The maximum Gasteiger partial charge on any atom is 0.262 e. The second kappa shape index (κ2) is 8.05. The maximum absolute atomic E-state index is 13.1. The lowest BCUT2D eigenvalue weighted by Gasteiger charge is -2.18. The zero-order valence-corrected chi connectivity index (χ0v) is 16.2. The van der Waals surface area contributed by atoms with E-state index in [0.717, 1.165) is 11.8 Å². The highest BCUT2D eigenvalue weighted by Crippen LogP contribution is 2.42. The Bertz CT molecular complexity index is 986. The number of nitriles is 1. The van der Waals surface area contributed by atoms with E-state index in [1.807, 2.05) is 12.1 Å². The number of halogens is 2. The Kier molecular flexibility index (Phi) is 5.76. The van der Waals surface area contributed by atoms with Gasteiger partial charge in [-0.25, -0.2) is 0 Å². The van der Waals surface area contributed by atoms with Crippen LogP contribution in [0.1, 0.15) is 5.56 Å². The van der Waals surface area contributed by atoms with Crippen molar-refractivity contribution in [3.8, 4) is 6.07 Å². The van der Waals surface area contributed by atoms with Gasteiger partial charge in [-0.05, 0) is 30.2 Å². The Morgan fingerprint density at radius 2 is 1.89 bits per heavy atom. The standard InChI is InChI=1S/C19H13Cl2N3O2S/c20-14-8-4-5-11(16(14)21)9-15-18(26)24(12-6-2-1-3-7-12)19(27-15)13(10-22)17(23)25/h1-8,15H,9H2,(H2,23,25)/b19-13-/t15-/m1/s1. The van der Waals surface area contributed by atoms with E-state index in [4.69, 9.17) is 28.9 Å². The number of carbonyl (C=O) groups is 2. The van der Waals surface area contributed by atoms with Crippen LogP contribution in [-0.4, -0.2) is 17.1 Å². The van der Waals surface area contributed by atoms with E-state index in [0.29, 0.717) is 27.7 Å². The summed E-state index contributed by atoms with van der Waals surface area (Å²) in [6.45, 7) is 0. The lowest BCUT2D eigenvalue weighted by Crippen LogP contribution is -2.31. The fourth-order valence-corrected chi connectivity index (χ4v) is 4.42. The van der Waals surface area contributed by atoms with E-state index >= 15 is 0 Å². The van der Waals surface area contributed by atoms with Crippen LogP contribution < -0.4 is 10.6 Å². The molecule has 0 saturated carbocycles. The van der Waals surface area contributed by atoms with Crippen LogP contribution in [0.3, 0.4) is 0 Å². The summed E-state index contributed by atoms with van der Waals surface area (Å²) in [6.07, 6.45) is 0.299. The highest BCUT2D eigenvalue weighted by Gasteiger charge is 2.40. The van der Waals surface area contributed by atoms with Gasteiger partial charge in [-0.1, -0.05) is 65.3 Å². The monoisotopic (exact) mass is 417 g/mol. The summed E-state index contributed by atoms with van der Waals surface area (Å²) in [5.74, 6) is -1.14. The van der Waals surface area contributed by atoms with Crippen molar-refractivity contribution in [3.63, 3.8) is 0 Å². The van der Waals surface area contributed by atoms with E-state index < -0.39 is 11.2 Å². The number of rotatable bonds is 4. The summed E-state index contributed by atoms with van der Waals surface area (Å²) in [4.78, 5) is 26.2. The van der Waals surface area contributed by atoms with Crippen LogP contribution in [0.2, 0.25) is 10.0 Å². The number of carbonyl (C=O) groups excluding carboxylic acids is 2. The van der Waals surface area contributed by atoms with Gasteiger partial charge in [-0.2, -0.15) is 5.26 Å². The van der Waals surface area contributed by atoms with E-state index in [2.05, 4.69) is 0 Å². The number of thioether (sulfide) groups is 1. The molecular formula is C19H13Cl2N3O2S. The highest BCUT2D eigenvalue weighted by molar-refractivity contribution is 8.05. The summed E-state index contributed by atoms with van der Waals surface area (Å²) < 4.78 is 0. The van der Waals surface area contributed by atoms with Crippen molar-refractivity contribution < 1.29 is 9.59 Å². The molecule has 1 saturated heterocycles. The minimum absolute atomic E-state index is 0.226. The fourth-order valence-electron chi connectivity index (χ4n) is 2.72. The molecule has 2 aromatic rings. The van der Waals surface area contributed by atoms with Crippen molar-refractivity contribution in [2.24, 2.45) is 5.73 Å². The molecule has 1 fully saturated rings. The van der Waals surface area contributed by atoms with Crippen molar-refractivity contribution in [1.82, 2.24) is 0 Å². The van der Waals surface area contributed by atoms with Gasteiger partial charge in [0, 0.05) is 5.69 Å². The molecule has 3 rings (SSSR count). The van der Waals surface area contributed by atoms with Gasteiger partial charge in [0.25, 0.3) is 5.91 Å². The summed E-state index contributed by atoms with van der Waals surface area (Å²) in [6, 6.07) is 15.8. The molecule has 1 aliphatic rings. The third-order valence-corrected chi connectivity index (χ3v) is 6.10. The van der Waals surface area contributed by atoms with Crippen LogP contribution >= 0.6 is 35.0 Å². The molecule has 1 heterocycles. The first-order valence-corrected chi connectivity index (χ1v) is 9.50. The molecule has 0 bridgehead atoms. The van der Waals surface area contributed by atoms with Gasteiger partial charge in [-0.3, -0.25) is 14.5 Å². The van der Waals surface area contributed by atoms with Crippen molar-refractivity contribution in [1.29, 1.82) is 5.26 Å². The van der Waals surface area contributed by atoms with Crippen LogP contribution in [0.15, 0.2) is 59.1 Å². The molecule has 0 radical (unpaired) electrons. The summed E-state index contributed by atoms with van der Waals surface area (Å²) in [5.41, 5.74) is 6.36. The first kappa shape index (κ1) is 19.3. The Morgan fingerprint density at radius 3 is 2.52 bits per heavy atom. The number of benzene rings is 2. The van der Waals surface area contributed by atoms with Crippen LogP contribution in [0, 0.1) is 11.3 Å². The van der Waals surface area contributed by atoms with Gasteiger partial charge in [0.2, 0.25) is 5.91 Å². The third-order valence-electron chi connectivity index (χ3n) is 3.98. The Labute approximate surface area is 170 Å². The molecule has 0 aromatic heterocycles. The van der Waals surface area contributed by atoms with Crippen molar-refractivity contribution >= 4 is 52.5 Å². The lowest BCUT2D eigenvalue weighted by atomic mass is 10.1. The molecule has 0 unspecified atom stereocenters. The average molecular weight is 418 g/mol. The predicted molar refractivity (Wildman–Crippen MR) is 107 cm³/mol. The molecule has 8 heteroatoms. The Balaban J connectivity index is 2.04. The molecule has 0 spiro atoms. The van der Waals surface area contributed by atoms with Crippen LogP contribution in [-0.2, 0) is 16.0 Å². The van der Waals surface area contributed by atoms with E-state index in [1.54, 1.807) is 42.5 Å². The number of primary amides is 1. The van der Waals surface area contributed by atoms with E-state index in [1.165, 1.54) is 4.90 Å². The van der Waals surface area contributed by atoms with E-state index in [9.17, 15) is 14.9 Å². The Hall–Kier alpha value is -2.46. The first-order chi connectivity index (χ1) is 12.9. The molecule has 2 amide bonds. The summed E-state index contributed by atoms with van der Waals surface area (Å²) >= 11 is 13.4. The molecule has 136 valence electrons. The van der Waals surface area contributed by atoms with E-state index in [-0.39, 0.29) is 16.5 Å². The van der Waals surface area contributed by atoms with Crippen LogP contribution in [0.4, 0.5) is 5.69 Å². The SMILES string of the molecule is N#C/C(C(N)=O)=C1/S[C@H](Cc2cccc(Cl)c2Cl)C(=O)N1c1ccccc1.